The number of nitrogens with one attached hydrogen (secondary N) is 1. The van der Waals surface area contributed by atoms with Gasteiger partial charge in [-0.15, -0.1) is 5.10 Å². The minimum Gasteiger partial charge on any atom is -0.343 e. The summed E-state index contributed by atoms with van der Waals surface area (Å²) >= 11 is 0. The Hall–Kier alpha value is -1.50. The maximum Gasteiger partial charge on any atom is 0.244 e. The van der Waals surface area contributed by atoms with Crippen LogP contribution in [0.4, 0.5) is 0 Å². The van der Waals surface area contributed by atoms with Gasteiger partial charge in [-0.1, -0.05) is 0 Å². The van der Waals surface area contributed by atoms with Gasteiger partial charge in [0, 0.05) is 20.1 Å². The maximum absolute atomic E-state index is 11.5. The van der Waals surface area contributed by atoms with Gasteiger partial charge >= 0.3 is 0 Å². The Balaban J connectivity index is 2.34. The minimum atomic E-state index is -0.00690. The van der Waals surface area contributed by atoms with Gasteiger partial charge in [-0.3, -0.25) is 4.79 Å². The summed E-state index contributed by atoms with van der Waals surface area (Å²) in [6.07, 6.45) is 1.42. The molecule has 0 saturated heterocycles. The highest BCUT2D eigenvalue weighted by molar-refractivity contribution is 5.75. The smallest absolute Gasteiger partial charge is 0.244 e. The van der Waals surface area contributed by atoms with Crippen molar-refractivity contribution in [2.45, 2.75) is 6.54 Å². The maximum atomic E-state index is 11.5. The highest BCUT2D eigenvalue weighted by Gasteiger charge is 2.08. The molecule has 0 atom stereocenters. The van der Waals surface area contributed by atoms with Crippen molar-refractivity contribution < 1.29 is 4.79 Å². The Bertz CT molecular complexity index is 272. The van der Waals surface area contributed by atoms with Crippen molar-refractivity contribution in [2.24, 2.45) is 0 Å². The van der Waals surface area contributed by atoms with Crippen LogP contribution in [0.2, 0.25) is 0 Å². The molecule has 78 valence electrons. The van der Waals surface area contributed by atoms with Crippen LogP contribution in [0.5, 0.6) is 0 Å². The number of amides is 1. The third-order valence-corrected chi connectivity index (χ3v) is 1.81. The SMILES string of the molecule is CNCCN(C)C(=O)Cn1cnnn1. The van der Waals surface area contributed by atoms with Gasteiger partial charge in [0.1, 0.15) is 12.9 Å². The highest BCUT2D eigenvalue weighted by Crippen LogP contribution is 1.87. The van der Waals surface area contributed by atoms with Crippen LogP contribution >= 0.6 is 0 Å². The number of tetrazole rings is 1. The van der Waals surface area contributed by atoms with Gasteiger partial charge in [0.05, 0.1) is 0 Å². The lowest BCUT2D eigenvalue weighted by molar-refractivity contribution is -0.130. The number of likely N-dealkylation sites (N-methyl/N-ethyl adjacent to an activating group) is 2. The van der Waals surface area contributed by atoms with Crippen molar-refractivity contribution in [3.63, 3.8) is 0 Å². The topological polar surface area (TPSA) is 75.9 Å². The molecule has 1 amide bonds. The summed E-state index contributed by atoms with van der Waals surface area (Å²) in [6.45, 7) is 1.64. The van der Waals surface area contributed by atoms with Gasteiger partial charge < -0.3 is 10.2 Å². The van der Waals surface area contributed by atoms with E-state index in [1.165, 1.54) is 11.0 Å². The zero-order valence-corrected chi connectivity index (χ0v) is 8.34. The molecule has 7 heteroatoms. The van der Waals surface area contributed by atoms with Gasteiger partial charge in [0.25, 0.3) is 0 Å². The molecule has 0 unspecified atom stereocenters. The Morgan fingerprint density at radius 2 is 2.43 bits per heavy atom. The number of hydrogen-bond acceptors (Lipinski definition) is 5. The van der Waals surface area contributed by atoms with Gasteiger partial charge in [0.2, 0.25) is 5.91 Å². The monoisotopic (exact) mass is 198 g/mol. The predicted molar refractivity (Wildman–Crippen MR) is 49.4 cm³/mol. The van der Waals surface area contributed by atoms with Crippen LogP contribution in [0, 0.1) is 0 Å². The fourth-order valence-electron chi connectivity index (χ4n) is 0.916. The normalized spacial score (nSPS) is 10.1. The second-order valence-electron chi connectivity index (χ2n) is 2.93. The van der Waals surface area contributed by atoms with E-state index in [1.807, 2.05) is 7.05 Å². The Morgan fingerprint density at radius 1 is 1.64 bits per heavy atom. The molecular formula is C7H14N6O. The fourth-order valence-corrected chi connectivity index (χ4v) is 0.916. The molecular weight excluding hydrogens is 184 g/mol. The lowest BCUT2D eigenvalue weighted by Gasteiger charge is -2.16. The van der Waals surface area contributed by atoms with Crippen LogP contribution in [0.15, 0.2) is 6.33 Å². The number of carbonyl (C=O) groups is 1. The summed E-state index contributed by atoms with van der Waals surface area (Å²) in [4.78, 5) is 13.1. The molecule has 14 heavy (non-hydrogen) atoms. The summed E-state index contributed by atoms with van der Waals surface area (Å²) in [7, 11) is 3.60. The van der Waals surface area contributed by atoms with E-state index in [0.29, 0.717) is 6.54 Å². The molecule has 0 radical (unpaired) electrons. The molecule has 0 saturated carbocycles. The van der Waals surface area contributed by atoms with E-state index < -0.39 is 0 Å². The summed E-state index contributed by atoms with van der Waals surface area (Å²) in [5.74, 6) is -0.00690. The van der Waals surface area contributed by atoms with Crippen molar-refractivity contribution in [3.8, 4) is 0 Å². The lowest BCUT2D eigenvalue weighted by atomic mass is 10.5. The molecule has 0 aromatic carbocycles. The van der Waals surface area contributed by atoms with E-state index in [4.69, 9.17) is 0 Å². The zero-order valence-electron chi connectivity index (χ0n) is 8.34. The quantitative estimate of drug-likeness (QED) is 0.613. The van der Waals surface area contributed by atoms with Crippen LogP contribution in [0.1, 0.15) is 0 Å². The lowest BCUT2D eigenvalue weighted by Crippen LogP contribution is -2.35. The summed E-state index contributed by atoms with van der Waals surface area (Å²) in [5.41, 5.74) is 0. The molecule has 7 nitrogen and oxygen atoms in total. The first-order chi connectivity index (χ1) is 6.74. The molecule has 0 bridgehead atoms. The number of nitrogens with zero attached hydrogens (tertiary/aromatic N) is 5. The molecule has 1 heterocycles. The standard InChI is InChI=1S/C7H14N6O/c1-8-3-4-12(2)7(14)5-13-6-9-10-11-13/h6,8H,3-5H2,1-2H3. The van der Waals surface area contributed by atoms with Crippen LogP contribution in [-0.4, -0.2) is 58.2 Å². The van der Waals surface area contributed by atoms with Crippen LogP contribution < -0.4 is 5.32 Å². The predicted octanol–water partition coefficient (Wildman–Crippen LogP) is -1.65. The third kappa shape index (κ3) is 3.09. The molecule has 0 aliphatic rings. The fraction of sp³-hybridized carbons (Fsp3) is 0.714. The second-order valence-corrected chi connectivity index (χ2v) is 2.93. The second kappa shape index (κ2) is 5.28. The first kappa shape index (κ1) is 10.6. The first-order valence-electron chi connectivity index (χ1n) is 4.33. The molecule has 1 aromatic heterocycles. The van der Waals surface area contributed by atoms with Crippen molar-refractivity contribution in [3.05, 3.63) is 6.33 Å². The van der Waals surface area contributed by atoms with Crippen molar-refractivity contribution in [2.75, 3.05) is 27.2 Å². The molecule has 1 N–H and O–H groups in total. The molecule has 1 aromatic rings. The zero-order chi connectivity index (χ0) is 10.4. The Kier molecular flexibility index (Phi) is 3.99. The van der Waals surface area contributed by atoms with Crippen molar-refractivity contribution >= 4 is 5.91 Å². The Labute approximate surface area is 82.1 Å². The number of aromatic nitrogens is 4. The first-order valence-corrected chi connectivity index (χ1v) is 4.33. The highest BCUT2D eigenvalue weighted by atomic mass is 16.2. The number of hydrogen-bond donors (Lipinski definition) is 1. The minimum absolute atomic E-state index is 0.00690. The van der Waals surface area contributed by atoms with E-state index in [2.05, 4.69) is 20.8 Å². The summed E-state index contributed by atoms with van der Waals surface area (Å²) in [5, 5.41) is 13.5. The largest absolute Gasteiger partial charge is 0.343 e. The van der Waals surface area contributed by atoms with Crippen molar-refractivity contribution in [1.29, 1.82) is 0 Å². The van der Waals surface area contributed by atoms with Crippen LogP contribution in [0.3, 0.4) is 0 Å². The van der Waals surface area contributed by atoms with E-state index in [1.54, 1.807) is 11.9 Å². The van der Waals surface area contributed by atoms with E-state index >= 15 is 0 Å². The average molecular weight is 198 g/mol. The van der Waals surface area contributed by atoms with Gasteiger partial charge in [0.15, 0.2) is 0 Å². The van der Waals surface area contributed by atoms with Crippen molar-refractivity contribution in [1.82, 2.24) is 30.4 Å². The Morgan fingerprint density at radius 3 is 3.00 bits per heavy atom. The van der Waals surface area contributed by atoms with E-state index in [9.17, 15) is 4.79 Å². The molecule has 0 aliphatic carbocycles. The molecule has 1 rings (SSSR count). The van der Waals surface area contributed by atoms with E-state index in [0.717, 1.165) is 6.54 Å². The van der Waals surface area contributed by atoms with Gasteiger partial charge in [-0.2, -0.15) is 0 Å². The van der Waals surface area contributed by atoms with E-state index in [-0.39, 0.29) is 12.5 Å². The summed E-state index contributed by atoms with van der Waals surface area (Å²) in [6, 6.07) is 0. The number of carbonyl (C=O) groups excluding carboxylic acids is 1. The molecule has 0 spiro atoms. The molecule has 0 fully saturated rings. The third-order valence-electron chi connectivity index (χ3n) is 1.81. The van der Waals surface area contributed by atoms with Crippen LogP contribution in [-0.2, 0) is 11.3 Å². The average Bonchev–Trinajstić information content (AvgIpc) is 2.66. The number of rotatable bonds is 5. The van der Waals surface area contributed by atoms with Gasteiger partial charge in [-0.25, -0.2) is 4.68 Å². The molecule has 0 aliphatic heterocycles. The van der Waals surface area contributed by atoms with Crippen LogP contribution in [0.25, 0.3) is 0 Å². The van der Waals surface area contributed by atoms with Gasteiger partial charge in [-0.05, 0) is 17.5 Å². The summed E-state index contributed by atoms with van der Waals surface area (Å²) < 4.78 is 1.40.